The van der Waals surface area contributed by atoms with Gasteiger partial charge < -0.3 is 29.0 Å². The average Bonchev–Trinajstić information content (AvgIpc) is 3.43. The lowest BCUT2D eigenvalue weighted by molar-refractivity contribution is -0.385. The Morgan fingerprint density at radius 2 is 1.85 bits per heavy atom. The molecule has 2 N–H and O–H groups in total. The standard InChI is InChI=1S/C20H20N2O10S/c1-20(18-29-8-9-30-18)17(23)16(12-10-11(22(24)25)6-7-14(12)32-20)21-13-4-2-3-5-15(13)31-19(21)33(26,27)28/h2-7,10,16-19,23H,8-9H2,1H3,(H,26,27,28). The molecule has 0 radical (unpaired) electrons. The molecule has 2 aromatic carbocycles. The second kappa shape index (κ2) is 7.53. The van der Waals surface area contributed by atoms with Gasteiger partial charge >= 0.3 is 15.7 Å². The van der Waals surface area contributed by atoms with Crippen molar-refractivity contribution in [3.63, 3.8) is 0 Å². The van der Waals surface area contributed by atoms with Crippen molar-refractivity contribution in [2.45, 2.75) is 36.5 Å². The summed E-state index contributed by atoms with van der Waals surface area (Å²) >= 11 is 0. The minimum atomic E-state index is -4.82. The minimum Gasteiger partial charge on any atom is -0.479 e. The summed E-state index contributed by atoms with van der Waals surface area (Å²) in [6.45, 7) is 2.06. The molecule has 4 atom stereocenters. The van der Waals surface area contributed by atoms with Crippen molar-refractivity contribution in [2.75, 3.05) is 18.1 Å². The second-order valence-electron chi connectivity index (χ2n) is 8.04. The number of anilines is 1. The molecule has 5 rings (SSSR count). The predicted molar refractivity (Wildman–Crippen MR) is 111 cm³/mol. The number of ether oxygens (including phenoxy) is 4. The number of aliphatic hydroxyl groups excluding tert-OH is 1. The molecule has 4 unspecified atom stereocenters. The summed E-state index contributed by atoms with van der Waals surface area (Å²) in [7, 11) is -4.82. The number of benzene rings is 2. The summed E-state index contributed by atoms with van der Waals surface area (Å²) in [5, 5.41) is 23.0. The largest absolute Gasteiger partial charge is 0.479 e. The SMILES string of the molecule is CC1(C2OCCO2)Oc2ccc([N+](=O)[O-])cc2C(N2c3ccccc3OC2S(=O)(=O)O)C1O. The van der Waals surface area contributed by atoms with E-state index in [-0.39, 0.29) is 41.7 Å². The maximum absolute atomic E-state index is 12.3. The van der Waals surface area contributed by atoms with Crippen molar-refractivity contribution in [3.05, 3.63) is 58.1 Å². The number of nitrogens with zero attached hydrogens (tertiary/aromatic N) is 2. The molecule has 3 heterocycles. The van der Waals surface area contributed by atoms with E-state index in [1.807, 2.05) is 0 Å². The van der Waals surface area contributed by atoms with Gasteiger partial charge in [-0.2, -0.15) is 8.42 Å². The number of fused-ring (bicyclic) bond motifs is 2. The van der Waals surface area contributed by atoms with Crippen LogP contribution in [-0.4, -0.2) is 59.8 Å². The maximum Gasteiger partial charge on any atom is 0.324 e. The molecule has 3 aliphatic rings. The summed E-state index contributed by atoms with van der Waals surface area (Å²) in [5.41, 5.74) is -3.32. The third kappa shape index (κ3) is 3.40. The summed E-state index contributed by atoms with van der Waals surface area (Å²) in [6, 6.07) is 8.86. The number of aliphatic hydroxyl groups is 1. The molecule has 1 fully saturated rings. The summed E-state index contributed by atoms with van der Waals surface area (Å²) in [4.78, 5) is 12.0. The van der Waals surface area contributed by atoms with Gasteiger partial charge in [-0.3, -0.25) is 14.7 Å². The quantitative estimate of drug-likeness (QED) is 0.372. The topological polar surface area (TPSA) is 158 Å². The van der Waals surface area contributed by atoms with Crippen LogP contribution in [0.2, 0.25) is 0 Å². The zero-order valence-electron chi connectivity index (χ0n) is 17.2. The van der Waals surface area contributed by atoms with Gasteiger partial charge in [-0.1, -0.05) is 12.1 Å². The lowest BCUT2D eigenvalue weighted by Crippen LogP contribution is -2.63. The summed E-state index contributed by atoms with van der Waals surface area (Å²) < 4.78 is 57.2. The van der Waals surface area contributed by atoms with Crippen molar-refractivity contribution >= 4 is 21.5 Å². The maximum atomic E-state index is 12.3. The van der Waals surface area contributed by atoms with E-state index >= 15 is 0 Å². The first-order valence-electron chi connectivity index (χ1n) is 10.0. The number of rotatable bonds is 4. The van der Waals surface area contributed by atoms with Gasteiger partial charge in [0.25, 0.3) is 5.69 Å². The van der Waals surface area contributed by atoms with Gasteiger partial charge in [0, 0.05) is 17.7 Å². The lowest BCUT2D eigenvalue weighted by Gasteiger charge is -2.48. The summed E-state index contributed by atoms with van der Waals surface area (Å²) in [5.74, 6) is 0.317. The van der Waals surface area contributed by atoms with Gasteiger partial charge in [-0.05, 0) is 25.1 Å². The number of nitro benzene ring substituents is 1. The molecular weight excluding hydrogens is 460 g/mol. The molecule has 0 aliphatic carbocycles. The molecule has 12 nitrogen and oxygen atoms in total. The third-order valence-electron chi connectivity index (χ3n) is 5.98. The molecule has 0 aromatic heterocycles. The van der Waals surface area contributed by atoms with E-state index in [1.165, 1.54) is 36.1 Å². The van der Waals surface area contributed by atoms with E-state index < -0.39 is 44.6 Å². The zero-order chi connectivity index (χ0) is 23.5. The first kappa shape index (κ1) is 21.9. The lowest BCUT2D eigenvalue weighted by atomic mass is 9.83. The molecule has 1 saturated heterocycles. The molecule has 0 saturated carbocycles. The fourth-order valence-electron chi connectivity index (χ4n) is 4.47. The molecule has 0 bridgehead atoms. The van der Waals surface area contributed by atoms with E-state index in [0.717, 1.165) is 0 Å². The second-order valence-corrected chi connectivity index (χ2v) is 9.48. The average molecular weight is 480 g/mol. The minimum absolute atomic E-state index is 0.140. The summed E-state index contributed by atoms with van der Waals surface area (Å²) in [6.07, 6.45) is -2.52. The number of para-hydroxylation sites is 2. The number of hydrogen-bond acceptors (Lipinski definition) is 10. The van der Waals surface area contributed by atoms with Gasteiger partial charge in [0.05, 0.1) is 29.9 Å². The van der Waals surface area contributed by atoms with Crippen LogP contribution in [-0.2, 0) is 19.6 Å². The van der Waals surface area contributed by atoms with Crippen LogP contribution < -0.4 is 14.4 Å². The van der Waals surface area contributed by atoms with Gasteiger partial charge in [0.2, 0.25) is 0 Å². The molecule has 176 valence electrons. The molecule has 0 spiro atoms. The van der Waals surface area contributed by atoms with Crippen LogP contribution in [0.5, 0.6) is 11.5 Å². The van der Waals surface area contributed by atoms with Crippen molar-refractivity contribution in [3.8, 4) is 11.5 Å². The van der Waals surface area contributed by atoms with E-state index in [4.69, 9.17) is 18.9 Å². The molecule has 3 aliphatic heterocycles. The molecular formula is C20H20N2O10S. The number of non-ortho nitro benzene ring substituents is 1. The van der Waals surface area contributed by atoms with Crippen LogP contribution in [0.3, 0.4) is 0 Å². The highest BCUT2D eigenvalue weighted by atomic mass is 32.2. The van der Waals surface area contributed by atoms with E-state index in [9.17, 15) is 28.2 Å². The molecule has 13 heteroatoms. The van der Waals surface area contributed by atoms with Crippen LogP contribution in [0.15, 0.2) is 42.5 Å². The first-order valence-corrected chi connectivity index (χ1v) is 11.5. The third-order valence-corrected chi connectivity index (χ3v) is 6.81. The van der Waals surface area contributed by atoms with Crippen LogP contribution in [0.4, 0.5) is 11.4 Å². The first-order chi connectivity index (χ1) is 15.6. The zero-order valence-corrected chi connectivity index (χ0v) is 18.0. The van der Waals surface area contributed by atoms with Crippen LogP contribution in [0, 0.1) is 10.1 Å². The Morgan fingerprint density at radius 3 is 2.52 bits per heavy atom. The monoisotopic (exact) mass is 480 g/mol. The van der Waals surface area contributed by atoms with E-state index in [2.05, 4.69) is 0 Å². The fraction of sp³-hybridized carbons (Fsp3) is 0.400. The number of nitro groups is 1. The Hall–Kier alpha value is -2.97. The Labute approximate surface area is 188 Å². The van der Waals surface area contributed by atoms with Crippen molar-refractivity contribution in [2.24, 2.45) is 0 Å². The highest BCUT2D eigenvalue weighted by Crippen LogP contribution is 2.52. The molecule has 0 amide bonds. The van der Waals surface area contributed by atoms with Crippen LogP contribution >= 0.6 is 0 Å². The predicted octanol–water partition coefficient (Wildman–Crippen LogP) is 1.59. The Bertz CT molecular complexity index is 1220. The van der Waals surface area contributed by atoms with E-state index in [1.54, 1.807) is 18.2 Å². The van der Waals surface area contributed by atoms with Gasteiger partial charge in [0.15, 0.2) is 11.9 Å². The van der Waals surface area contributed by atoms with Crippen LogP contribution in [0.1, 0.15) is 18.5 Å². The van der Waals surface area contributed by atoms with Crippen molar-refractivity contribution in [1.29, 1.82) is 0 Å². The number of hydrogen-bond donors (Lipinski definition) is 2. The Balaban J connectivity index is 1.73. The van der Waals surface area contributed by atoms with Gasteiger partial charge in [-0.15, -0.1) is 0 Å². The van der Waals surface area contributed by atoms with Crippen LogP contribution in [0.25, 0.3) is 0 Å². The van der Waals surface area contributed by atoms with E-state index in [0.29, 0.717) is 0 Å². The fourth-order valence-corrected chi connectivity index (χ4v) is 5.22. The molecule has 2 aromatic rings. The van der Waals surface area contributed by atoms with Gasteiger partial charge in [-0.25, -0.2) is 0 Å². The molecule has 33 heavy (non-hydrogen) atoms. The smallest absolute Gasteiger partial charge is 0.324 e. The van der Waals surface area contributed by atoms with Crippen molar-refractivity contribution in [1.82, 2.24) is 0 Å². The highest BCUT2D eigenvalue weighted by Gasteiger charge is 2.58. The Morgan fingerprint density at radius 1 is 1.15 bits per heavy atom. The van der Waals surface area contributed by atoms with Gasteiger partial charge in [0.1, 0.15) is 17.6 Å². The van der Waals surface area contributed by atoms with Crippen molar-refractivity contribution < 1.29 is 41.9 Å². The Kier molecular flexibility index (Phi) is 4.99. The normalized spacial score (nSPS) is 29.2. The highest BCUT2D eigenvalue weighted by molar-refractivity contribution is 7.86.